The maximum Gasteiger partial charge on any atom is 0.220 e. The van der Waals surface area contributed by atoms with Crippen LogP contribution in [0.25, 0.3) is 0 Å². The molecule has 2 N–H and O–H groups in total. The van der Waals surface area contributed by atoms with Gasteiger partial charge in [0, 0.05) is 19.3 Å². The van der Waals surface area contributed by atoms with Gasteiger partial charge in [-0.2, -0.15) is 0 Å². The molecule has 2 aliphatic rings. The molecule has 1 spiro atoms. The Hall–Kier alpha value is -2.03. The summed E-state index contributed by atoms with van der Waals surface area (Å²) >= 11 is 0. The lowest BCUT2D eigenvalue weighted by Crippen LogP contribution is -2.49. The molecule has 1 fully saturated rings. The van der Waals surface area contributed by atoms with E-state index in [1.54, 1.807) is 10.5 Å². The van der Waals surface area contributed by atoms with Crippen molar-refractivity contribution in [3.63, 3.8) is 0 Å². The predicted octanol–water partition coefficient (Wildman–Crippen LogP) is 1.50. The van der Waals surface area contributed by atoms with Gasteiger partial charge < -0.3 is 10.5 Å². The van der Waals surface area contributed by atoms with Crippen molar-refractivity contribution in [3.8, 4) is 0 Å². The van der Waals surface area contributed by atoms with E-state index in [-0.39, 0.29) is 11.7 Å². The molecule has 8 heteroatoms. The van der Waals surface area contributed by atoms with E-state index in [9.17, 15) is 8.42 Å². The first kappa shape index (κ1) is 18.3. The summed E-state index contributed by atoms with van der Waals surface area (Å²) in [5.74, 6) is 0.355. The van der Waals surface area contributed by atoms with Gasteiger partial charge in [0.25, 0.3) is 0 Å². The van der Waals surface area contributed by atoms with Gasteiger partial charge in [0.2, 0.25) is 16.0 Å². The first-order chi connectivity index (χ1) is 13.0. The second-order valence-electron chi connectivity index (χ2n) is 7.15. The van der Waals surface area contributed by atoms with Crippen LogP contribution in [0.3, 0.4) is 0 Å². The molecule has 0 radical (unpaired) electrons. The van der Waals surface area contributed by atoms with Gasteiger partial charge in [-0.05, 0) is 36.8 Å². The molecule has 0 aliphatic carbocycles. The number of hydrogen-bond acceptors (Lipinski definition) is 6. The highest BCUT2D eigenvalue weighted by Crippen LogP contribution is 2.41. The van der Waals surface area contributed by atoms with Crippen molar-refractivity contribution < 1.29 is 13.2 Å². The summed E-state index contributed by atoms with van der Waals surface area (Å²) in [6.45, 7) is 1.46. The number of hydrogen-bond donors (Lipinski definition) is 1. The molecule has 0 saturated carbocycles. The standard InChI is InChI=1S/C19H24N4O3S/c20-18-21-14-16-6-12-26-19(17(16)22-18)8-10-23(11-9-19)27(24,25)13-7-15-4-2-1-3-5-15/h1-5,14H,6-13H2,(H2,20,21,22). The number of anilines is 1. The third-order valence-electron chi connectivity index (χ3n) is 5.48. The van der Waals surface area contributed by atoms with E-state index in [2.05, 4.69) is 9.97 Å². The van der Waals surface area contributed by atoms with E-state index in [1.807, 2.05) is 30.3 Å². The number of sulfonamides is 1. The van der Waals surface area contributed by atoms with Crippen LogP contribution in [0.4, 0.5) is 5.95 Å². The van der Waals surface area contributed by atoms with Gasteiger partial charge in [-0.1, -0.05) is 30.3 Å². The third-order valence-corrected chi connectivity index (χ3v) is 7.35. The normalized spacial score (nSPS) is 19.7. The Labute approximate surface area is 159 Å². The maximum atomic E-state index is 12.8. The predicted molar refractivity (Wildman–Crippen MR) is 103 cm³/mol. The number of nitrogens with zero attached hydrogens (tertiary/aromatic N) is 3. The molecule has 0 amide bonds. The zero-order valence-corrected chi connectivity index (χ0v) is 16.0. The molecule has 144 valence electrons. The third kappa shape index (κ3) is 3.69. The fourth-order valence-electron chi connectivity index (χ4n) is 3.95. The Morgan fingerprint density at radius 2 is 1.93 bits per heavy atom. The molecular formula is C19H24N4O3S. The summed E-state index contributed by atoms with van der Waals surface area (Å²) in [7, 11) is -3.30. The van der Waals surface area contributed by atoms with Crippen LogP contribution in [-0.2, 0) is 33.2 Å². The smallest absolute Gasteiger partial charge is 0.220 e. The van der Waals surface area contributed by atoms with Gasteiger partial charge in [-0.25, -0.2) is 22.7 Å². The summed E-state index contributed by atoms with van der Waals surface area (Å²) in [6.07, 6.45) is 4.22. The Kier molecular flexibility index (Phi) is 4.88. The molecule has 7 nitrogen and oxygen atoms in total. The minimum Gasteiger partial charge on any atom is -0.368 e. The van der Waals surface area contributed by atoms with Crippen LogP contribution in [-0.4, -0.2) is 48.1 Å². The largest absolute Gasteiger partial charge is 0.368 e. The molecule has 3 heterocycles. The lowest BCUT2D eigenvalue weighted by molar-refractivity contribution is -0.0924. The van der Waals surface area contributed by atoms with E-state index in [1.165, 1.54) is 0 Å². The van der Waals surface area contributed by atoms with E-state index < -0.39 is 15.6 Å². The van der Waals surface area contributed by atoms with Crippen molar-refractivity contribution in [2.24, 2.45) is 0 Å². The van der Waals surface area contributed by atoms with Gasteiger partial charge in [-0.15, -0.1) is 0 Å². The van der Waals surface area contributed by atoms with Crippen molar-refractivity contribution in [3.05, 3.63) is 53.3 Å². The number of nitrogens with two attached hydrogens (primary N) is 1. The molecule has 4 rings (SSSR count). The number of nitrogen functional groups attached to an aromatic ring is 1. The molecule has 2 aliphatic heterocycles. The molecular weight excluding hydrogens is 364 g/mol. The minimum absolute atomic E-state index is 0.122. The topological polar surface area (TPSA) is 98.4 Å². The van der Waals surface area contributed by atoms with Gasteiger partial charge in [0.1, 0.15) is 5.60 Å². The highest BCUT2D eigenvalue weighted by Gasteiger charge is 2.44. The summed E-state index contributed by atoms with van der Waals surface area (Å²) in [6, 6.07) is 9.70. The van der Waals surface area contributed by atoms with Crippen LogP contribution in [0.5, 0.6) is 0 Å². The van der Waals surface area contributed by atoms with E-state index >= 15 is 0 Å². The second kappa shape index (κ2) is 7.18. The zero-order chi connectivity index (χ0) is 18.9. The molecule has 0 bridgehead atoms. The van der Waals surface area contributed by atoms with Crippen molar-refractivity contribution in [2.75, 3.05) is 31.2 Å². The number of benzene rings is 1. The van der Waals surface area contributed by atoms with Gasteiger partial charge in [0.05, 0.1) is 18.1 Å². The quantitative estimate of drug-likeness (QED) is 0.852. The van der Waals surface area contributed by atoms with Gasteiger partial charge in [0.15, 0.2) is 0 Å². The van der Waals surface area contributed by atoms with Crippen molar-refractivity contribution in [2.45, 2.75) is 31.3 Å². The lowest BCUT2D eigenvalue weighted by atomic mass is 9.84. The van der Waals surface area contributed by atoms with Crippen LogP contribution < -0.4 is 5.73 Å². The first-order valence-corrected chi connectivity index (χ1v) is 10.9. The molecule has 2 aromatic rings. The summed E-state index contributed by atoms with van der Waals surface area (Å²) in [4.78, 5) is 8.51. The van der Waals surface area contributed by atoms with E-state index in [0.717, 1.165) is 23.2 Å². The number of fused-ring (bicyclic) bond motifs is 2. The molecule has 27 heavy (non-hydrogen) atoms. The average Bonchev–Trinajstić information content (AvgIpc) is 2.69. The Bertz CT molecular complexity index is 910. The van der Waals surface area contributed by atoms with E-state index in [0.29, 0.717) is 39.0 Å². The minimum atomic E-state index is -3.30. The zero-order valence-electron chi connectivity index (χ0n) is 15.2. The van der Waals surface area contributed by atoms with Gasteiger partial charge in [-0.3, -0.25) is 0 Å². The number of piperidine rings is 1. The Morgan fingerprint density at radius 1 is 1.19 bits per heavy atom. The van der Waals surface area contributed by atoms with Crippen LogP contribution in [0.1, 0.15) is 29.7 Å². The second-order valence-corrected chi connectivity index (χ2v) is 9.23. The highest BCUT2D eigenvalue weighted by atomic mass is 32.2. The Balaban J connectivity index is 1.45. The summed E-state index contributed by atoms with van der Waals surface area (Å²) < 4.78 is 33.2. The maximum absolute atomic E-state index is 12.8. The monoisotopic (exact) mass is 388 g/mol. The Morgan fingerprint density at radius 3 is 2.67 bits per heavy atom. The first-order valence-electron chi connectivity index (χ1n) is 9.26. The van der Waals surface area contributed by atoms with E-state index in [4.69, 9.17) is 10.5 Å². The SMILES string of the molecule is Nc1ncc2c(n1)C1(CCN(S(=O)(=O)CCc3ccccc3)CC1)OCC2. The number of rotatable bonds is 4. The van der Waals surface area contributed by atoms with Crippen LogP contribution in [0, 0.1) is 0 Å². The molecule has 1 saturated heterocycles. The van der Waals surface area contributed by atoms with Gasteiger partial charge >= 0.3 is 0 Å². The molecule has 0 atom stereocenters. The molecule has 1 aromatic carbocycles. The molecule has 0 unspecified atom stereocenters. The summed E-state index contributed by atoms with van der Waals surface area (Å²) in [5.41, 5.74) is 8.15. The summed E-state index contributed by atoms with van der Waals surface area (Å²) in [5, 5.41) is 0. The van der Waals surface area contributed by atoms with Crippen LogP contribution in [0.2, 0.25) is 0 Å². The van der Waals surface area contributed by atoms with Crippen LogP contribution in [0.15, 0.2) is 36.5 Å². The average molecular weight is 388 g/mol. The van der Waals surface area contributed by atoms with Crippen LogP contribution >= 0.6 is 0 Å². The lowest BCUT2D eigenvalue weighted by Gasteiger charge is -2.43. The van der Waals surface area contributed by atoms with Crippen molar-refractivity contribution in [1.29, 1.82) is 0 Å². The molecule has 1 aromatic heterocycles. The van der Waals surface area contributed by atoms with Crippen molar-refractivity contribution >= 4 is 16.0 Å². The van der Waals surface area contributed by atoms with Crippen molar-refractivity contribution in [1.82, 2.24) is 14.3 Å². The number of ether oxygens (including phenoxy) is 1. The highest BCUT2D eigenvalue weighted by molar-refractivity contribution is 7.89. The number of aromatic nitrogens is 2. The fourth-order valence-corrected chi connectivity index (χ4v) is 5.44. The fraction of sp³-hybridized carbons (Fsp3) is 0.474. The number of aryl methyl sites for hydroxylation is 1.